The SMILES string of the molecule is CC(C)(C)OC(=O)C1CSC[C@@H]1C(=O)C1C(=O)c2ccc(S(=O)(=O)c3ccc4c(c3)C(=O)C(C(=O)[C@H]3CSCN3C(=O)OC(C)(C)C)C4=O)cc2C1=O. The van der Waals surface area contributed by atoms with E-state index >= 15 is 0 Å². The first-order valence-corrected chi connectivity index (χ1v) is 20.6. The minimum absolute atomic E-state index is 0.117. The van der Waals surface area contributed by atoms with Crippen molar-refractivity contribution in [3.05, 3.63) is 58.7 Å². The zero-order valence-corrected chi connectivity index (χ0v) is 32.2. The van der Waals surface area contributed by atoms with Crippen molar-refractivity contribution in [3.63, 3.8) is 0 Å². The number of ketones is 6. The number of carbonyl (C=O) groups excluding carboxylic acids is 8. The van der Waals surface area contributed by atoms with E-state index in [2.05, 4.69) is 0 Å². The van der Waals surface area contributed by atoms with Crippen LogP contribution in [0, 0.1) is 23.7 Å². The maximum absolute atomic E-state index is 13.9. The number of amides is 1. The predicted octanol–water partition coefficient (Wildman–Crippen LogP) is 4.28. The number of hydrogen-bond donors (Lipinski definition) is 0. The first-order chi connectivity index (χ1) is 24.6. The molecule has 0 bridgehead atoms. The van der Waals surface area contributed by atoms with Crippen LogP contribution in [0.15, 0.2) is 46.2 Å². The van der Waals surface area contributed by atoms with Gasteiger partial charge in [0, 0.05) is 45.4 Å². The number of hydrogen-bond acceptors (Lipinski definition) is 14. The lowest BCUT2D eigenvalue weighted by Crippen LogP contribution is -2.48. The maximum Gasteiger partial charge on any atom is 0.411 e. The number of sulfone groups is 1. The molecule has 53 heavy (non-hydrogen) atoms. The smallest absolute Gasteiger partial charge is 0.411 e. The van der Waals surface area contributed by atoms with Crippen molar-refractivity contribution < 1.29 is 56.2 Å². The van der Waals surface area contributed by atoms with Gasteiger partial charge in [0.05, 0.1) is 21.6 Å². The van der Waals surface area contributed by atoms with Gasteiger partial charge in [-0.05, 0) is 77.9 Å². The molecule has 0 N–H and O–H groups in total. The van der Waals surface area contributed by atoms with Gasteiger partial charge in [-0.2, -0.15) is 11.8 Å². The summed E-state index contributed by atoms with van der Waals surface area (Å²) in [7, 11) is -4.48. The second-order valence-electron chi connectivity index (χ2n) is 15.3. The Morgan fingerprint density at radius 1 is 0.642 bits per heavy atom. The monoisotopic (exact) mass is 783 g/mol. The van der Waals surface area contributed by atoms with Crippen LogP contribution in [0.2, 0.25) is 0 Å². The van der Waals surface area contributed by atoms with Crippen molar-refractivity contribution >= 4 is 80.1 Å². The zero-order chi connectivity index (χ0) is 38.9. The summed E-state index contributed by atoms with van der Waals surface area (Å²) >= 11 is 2.59. The van der Waals surface area contributed by atoms with E-state index in [1.165, 1.54) is 28.4 Å². The van der Waals surface area contributed by atoms with Gasteiger partial charge in [0.2, 0.25) is 9.84 Å². The van der Waals surface area contributed by atoms with Crippen LogP contribution in [0.4, 0.5) is 4.79 Å². The Hall–Kier alpha value is -4.15. The first kappa shape index (κ1) is 38.6. The largest absolute Gasteiger partial charge is 0.460 e. The van der Waals surface area contributed by atoms with Crippen LogP contribution in [0.25, 0.3) is 0 Å². The fourth-order valence-corrected chi connectivity index (χ4v) is 10.6. The number of fused-ring (bicyclic) bond motifs is 2. The number of ether oxygens (including phenoxy) is 2. The van der Waals surface area contributed by atoms with Gasteiger partial charge in [-0.25, -0.2) is 13.2 Å². The van der Waals surface area contributed by atoms with Crippen molar-refractivity contribution in [2.45, 2.75) is 68.6 Å². The Bertz CT molecular complexity index is 1980. The molecule has 0 radical (unpaired) electrons. The third-order valence-corrected chi connectivity index (χ3v) is 13.2. The molecule has 2 fully saturated rings. The van der Waals surface area contributed by atoms with E-state index in [1.54, 1.807) is 41.5 Å². The molecule has 6 rings (SSSR count). The molecular formula is C37H37NO12S3. The van der Waals surface area contributed by atoms with E-state index in [9.17, 15) is 46.8 Å². The van der Waals surface area contributed by atoms with E-state index in [-0.39, 0.29) is 45.4 Å². The molecule has 2 aromatic carbocycles. The number of thioether (sulfide) groups is 2. The van der Waals surface area contributed by atoms with Gasteiger partial charge in [0.1, 0.15) is 29.1 Å². The first-order valence-electron chi connectivity index (χ1n) is 16.8. The molecule has 2 saturated heterocycles. The molecule has 3 unspecified atom stereocenters. The summed E-state index contributed by atoms with van der Waals surface area (Å²) < 4.78 is 38.6. The third-order valence-electron chi connectivity index (χ3n) is 9.28. The van der Waals surface area contributed by atoms with Crippen molar-refractivity contribution in [2.24, 2.45) is 23.7 Å². The molecule has 0 saturated carbocycles. The number of Topliss-reactive ketones (excluding diaryl/α,β-unsaturated/α-hetero) is 6. The lowest BCUT2D eigenvalue weighted by molar-refractivity contribution is -0.162. The zero-order valence-electron chi connectivity index (χ0n) is 29.8. The molecule has 0 spiro atoms. The summed E-state index contributed by atoms with van der Waals surface area (Å²) in [5, 5.41) is 0. The summed E-state index contributed by atoms with van der Waals surface area (Å²) in [6.45, 7) is 10.0. The van der Waals surface area contributed by atoms with Gasteiger partial charge < -0.3 is 9.47 Å². The highest BCUT2D eigenvalue weighted by molar-refractivity contribution is 7.99. The van der Waals surface area contributed by atoms with Crippen molar-refractivity contribution in [2.75, 3.05) is 23.1 Å². The Morgan fingerprint density at radius 2 is 1.11 bits per heavy atom. The predicted molar refractivity (Wildman–Crippen MR) is 192 cm³/mol. The Morgan fingerprint density at radius 3 is 1.62 bits per heavy atom. The van der Waals surface area contributed by atoms with Gasteiger partial charge in [-0.3, -0.25) is 38.5 Å². The molecule has 2 heterocycles. The van der Waals surface area contributed by atoms with Crippen LogP contribution in [0.5, 0.6) is 0 Å². The molecule has 4 aliphatic rings. The fourth-order valence-electron chi connectivity index (χ4n) is 6.76. The van der Waals surface area contributed by atoms with E-state index in [4.69, 9.17) is 9.47 Å². The minimum Gasteiger partial charge on any atom is -0.460 e. The van der Waals surface area contributed by atoms with Crippen molar-refractivity contribution in [3.8, 4) is 0 Å². The molecule has 1 amide bonds. The summed E-state index contributed by atoms with van der Waals surface area (Å²) in [6, 6.07) is 5.39. The quantitative estimate of drug-likeness (QED) is 0.285. The second kappa shape index (κ2) is 13.6. The van der Waals surface area contributed by atoms with Gasteiger partial charge in [0.25, 0.3) is 0 Å². The highest BCUT2D eigenvalue weighted by atomic mass is 32.2. The molecule has 13 nitrogen and oxygen atoms in total. The standard InChI is InChI=1S/C37H37NO12S3/c1-36(2,3)49-34(45)24-14-51-13-23(24)32(43)26-28(39)19-9-7-17(11-21(19)30(26)41)53(47,48)18-8-10-20-22(12-18)31(42)27(29(20)40)33(44)25-15-52-16-38(25)35(46)50-37(4,5)6/h7-12,23-27H,13-16H2,1-6H3/t23-,24?,25+,26?,27?/m0/s1. The Labute approximate surface area is 314 Å². The van der Waals surface area contributed by atoms with Crippen LogP contribution < -0.4 is 0 Å². The minimum atomic E-state index is -4.48. The lowest BCUT2D eigenvalue weighted by Gasteiger charge is -2.28. The van der Waals surface area contributed by atoms with Crippen molar-refractivity contribution in [1.82, 2.24) is 4.90 Å². The van der Waals surface area contributed by atoms with Crippen LogP contribution >= 0.6 is 23.5 Å². The molecule has 280 valence electrons. The van der Waals surface area contributed by atoms with Crippen molar-refractivity contribution in [1.29, 1.82) is 0 Å². The number of carbonyl (C=O) groups is 8. The average Bonchev–Trinajstić information content (AvgIpc) is 3.85. The van der Waals surface area contributed by atoms with E-state index < -0.39 is 107 Å². The van der Waals surface area contributed by atoms with Gasteiger partial charge in [-0.15, -0.1) is 11.8 Å². The summed E-state index contributed by atoms with van der Waals surface area (Å²) in [4.78, 5) is 107. The van der Waals surface area contributed by atoms with E-state index in [1.807, 2.05) is 0 Å². The average molecular weight is 784 g/mol. The van der Waals surface area contributed by atoms with Gasteiger partial charge in [-0.1, -0.05) is 0 Å². The normalized spacial score (nSPS) is 24.3. The molecule has 2 aliphatic heterocycles. The number of nitrogens with zero attached hydrogens (tertiary/aromatic N) is 1. The molecular weight excluding hydrogens is 747 g/mol. The van der Waals surface area contributed by atoms with Crippen LogP contribution in [-0.4, -0.2) is 100 Å². The molecule has 16 heteroatoms. The molecule has 2 aromatic rings. The fraction of sp³-hybridized carbons (Fsp3) is 0.459. The summed E-state index contributed by atoms with van der Waals surface area (Å²) in [5.74, 6) is -10.1. The number of rotatable bonds is 7. The van der Waals surface area contributed by atoms with Gasteiger partial charge in [0.15, 0.2) is 34.7 Å². The summed E-state index contributed by atoms with van der Waals surface area (Å²) in [5.41, 5.74) is -2.49. The maximum atomic E-state index is 13.9. The Balaban J connectivity index is 1.23. The van der Waals surface area contributed by atoms with E-state index in [0.29, 0.717) is 0 Å². The number of esters is 1. The van der Waals surface area contributed by atoms with Crippen LogP contribution in [0.3, 0.4) is 0 Å². The van der Waals surface area contributed by atoms with Crippen LogP contribution in [0.1, 0.15) is 83.0 Å². The Kier molecular flexibility index (Phi) is 9.90. The van der Waals surface area contributed by atoms with E-state index in [0.717, 1.165) is 36.4 Å². The van der Waals surface area contributed by atoms with Gasteiger partial charge >= 0.3 is 12.1 Å². The molecule has 5 atom stereocenters. The number of benzene rings is 2. The highest BCUT2D eigenvalue weighted by Gasteiger charge is 2.52. The molecule has 0 aromatic heterocycles. The highest BCUT2D eigenvalue weighted by Crippen LogP contribution is 2.40. The van der Waals surface area contributed by atoms with Crippen LogP contribution in [-0.2, 0) is 33.7 Å². The molecule has 2 aliphatic carbocycles. The lowest BCUT2D eigenvalue weighted by atomic mass is 9.83. The third kappa shape index (κ3) is 7.00. The second-order valence-corrected chi connectivity index (χ2v) is 19.3. The summed E-state index contributed by atoms with van der Waals surface area (Å²) in [6.07, 6.45) is -0.766. The topological polar surface area (TPSA) is 192 Å².